The Morgan fingerprint density at radius 3 is 2.57 bits per heavy atom. The Bertz CT molecular complexity index is 540. The number of methoxy groups -OCH3 is 1. The van der Waals surface area contributed by atoms with Gasteiger partial charge in [0.05, 0.1) is 18.4 Å². The summed E-state index contributed by atoms with van der Waals surface area (Å²) in [5.74, 6) is -0.848. The van der Waals surface area contributed by atoms with Crippen LogP contribution in [0.1, 0.15) is 30.1 Å². The van der Waals surface area contributed by atoms with E-state index < -0.39 is 11.8 Å². The SMILES string of the molecule is COC(=O)c1ccc(F)cc1NC1CCN(C(C)=O)CC1. The number of anilines is 1. The van der Waals surface area contributed by atoms with Crippen molar-refractivity contribution >= 4 is 17.6 Å². The van der Waals surface area contributed by atoms with Crippen molar-refractivity contribution in [3.63, 3.8) is 0 Å². The maximum Gasteiger partial charge on any atom is 0.339 e. The van der Waals surface area contributed by atoms with E-state index in [1.165, 1.54) is 25.3 Å². The largest absolute Gasteiger partial charge is 0.465 e. The van der Waals surface area contributed by atoms with Crippen molar-refractivity contribution in [1.29, 1.82) is 0 Å². The molecular weight excluding hydrogens is 275 g/mol. The summed E-state index contributed by atoms with van der Waals surface area (Å²) in [6, 6.07) is 4.04. The normalized spacial score (nSPS) is 15.7. The van der Waals surface area contributed by atoms with Crippen LogP contribution in [0.25, 0.3) is 0 Å². The van der Waals surface area contributed by atoms with E-state index in [-0.39, 0.29) is 11.9 Å². The molecular formula is C15H19FN2O3. The summed E-state index contributed by atoms with van der Waals surface area (Å²) in [4.78, 5) is 24.8. The van der Waals surface area contributed by atoms with Gasteiger partial charge in [-0.1, -0.05) is 0 Å². The molecule has 0 radical (unpaired) electrons. The molecule has 1 aromatic rings. The molecule has 0 saturated carbocycles. The fourth-order valence-electron chi connectivity index (χ4n) is 2.48. The van der Waals surface area contributed by atoms with Crippen molar-refractivity contribution in [2.24, 2.45) is 0 Å². The molecule has 1 N–H and O–H groups in total. The first-order valence-corrected chi connectivity index (χ1v) is 6.91. The number of hydrogen-bond acceptors (Lipinski definition) is 4. The van der Waals surface area contributed by atoms with Crippen molar-refractivity contribution < 1.29 is 18.7 Å². The van der Waals surface area contributed by atoms with E-state index >= 15 is 0 Å². The van der Waals surface area contributed by atoms with Crippen LogP contribution < -0.4 is 5.32 Å². The molecule has 5 nitrogen and oxygen atoms in total. The summed E-state index contributed by atoms with van der Waals surface area (Å²) in [7, 11) is 1.29. The van der Waals surface area contributed by atoms with Gasteiger partial charge < -0.3 is 15.0 Å². The number of carbonyl (C=O) groups excluding carboxylic acids is 2. The molecule has 1 saturated heterocycles. The Hall–Kier alpha value is -2.11. The molecule has 21 heavy (non-hydrogen) atoms. The standard InChI is InChI=1S/C15H19FN2O3/c1-10(19)18-7-5-12(6-8-18)17-14-9-11(16)3-4-13(14)15(20)21-2/h3-4,9,12,17H,5-8H2,1-2H3. The van der Waals surface area contributed by atoms with Gasteiger partial charge in [0.1, 0.15) is 5.82 Å². The van der Waals surface area contributed by atoms with Crippen LogP contribution in [0.5, 0.6) is 0 Å². The number of nitrogens with zero attached hydrogens (tertiary/aromatic N) is 1. The number of benzene rings is 1. The van der Waals surface area contributed by atoms with Crippen molar-refractivity contribution in [1.82, 2.24) is 4.90 Å². The zero-order chi connectivity index (χ0) is 15.4. The highest BCUT2D eigenvalue weighted by molar-refractivity contribution is 5.95. The Balaban J connectivity index is 2.08. The number of esters is 1. The zero-order valence-corrected chi connectivity index (χ0v) is 12.2. The minimum atomic E-state index is -0.501. The summed E-state index contributed by atoms with van der Waals surface area (Å²) >= 11 is 0. The number of halogens is 1. The number of carbonyl (C=O) groups is 2. The fourth-order valence-corrected chi connectivity index (χ4v) is 2.48. The van der Waals surface area contributed by atoms with Crippen LogP contribution in [-0.2, 0) is 9.53 Å². The van der Waals surface area contributed by atoms with E-state index in [0.29, 0.717) is 24.3 Å². The number of rotatable bonds is 3. The number of hydrogen-bond donors (Lipinski definition) is 1. The summed E-state index contributed by atoms with van der Waals surface area (Å²) in [5.41, 5.74) is 0.746. The van der Waals surface area contributed by atoms with Crippen molar-refractivity contribution in [2.75, 3.05) is 25.5 Å². The average Bonchev–Trinajstić information content (AvgIpc) is 2.47. The van der Waals surface area contributed by atoms with Gasteiger partial charge in [0.25, 0.3) is 0 Å². The van der Waals surface area contributed by atoms with Crippen LogP contribution in [-0.4, -0.2) is 43.0 Å². The van der Waals surface area contributed by atoms with Gasteiger partial charge in [0.15, 0.2) is 0 Å². The molecule has 0 atom stereocenters. The lowest BCUT2D eigenvalue weighted by Crippen LogP contribution is -2.41. The topological polar surface area (TPSA) is 58.6 Å². The van der Waals surface area contributed by atoms with Gasteiger partial charge in [-0.15, -0.1) is 0 Å². The summed E-state index contributed by atoms with van der Waals surface area (Å²) in [6.45, 7) is 2.88. The molecule has 114 valence electrons. The third-order valence-corrected chi connectivity index (χ3v) is 3.69. The van der Waals surface area contributed by atoms with E-state index in [2.05, 4.69) is 5.32 Å². The van der Waals surface area contributed by atoms with Crippen LogP contribution in [0.15, 0.2) is 18.2 Å². The van der Waals surface area contributed by atoms with Gasteiger partial charge in [-0.05, 0) is 31.0 Å². The van der Waals surface area contributed by atoms with E-state index in [9.17, 15) is 14.0 Å². The number of ether oxygens (including phenoxy) is 1. The second-order valence-corrected chi connectivity index (χ2v) is 5.11. The minimum absolute atomic E-state index is 0.0643. The van der Waals surface area contributed by atoms with Crippen LogP contribution >= 0.6 is 0 Å². The summed E-state index contributed by atoms with van der Waals surface area (Å²) in [6.07, 6.45) is 1.52. The molecule has 1 fully saturated rings. The molecule has 1 aliphatic rings. The third-order valence-electron chi connectivity index (χ3n) is 3.69. The van der Waals surface area contributed by atoms with Crippen LogP contribution in [0.4, 0.5) is 10.1 Å². The minimum Gasteiger partial charge on any atom is -0.465 e. The van der Waals surface area contributed by atoms with Gasteiger partial charge >= 0.3 is 5.97 Å². The molecule has 0 unspecified atom stereocenters. The average molecular weight is 294 g/mol. The Labute approximate surface area is 123 Å². The first-order valence-electron chi connectivity index (χ1n) is 6.91. The maximum absolute atomic E-state index is 13.4. The van der Waals surface area contributed by atoms with Gasteiger partial charge in [-0.25, -0.2) is 9.18 Å². The highest BCUT2D eigenvalue weighted by Gasteiger charge is 2.22. The molecule has 1 amide bonds. The predicted molar refractivity (Wildman–Crippen MR) is 76.6 cm³/mol. The smallest absolute Gasteiger partial charge is 0.339 e. The van der Waals surface area contributed by atoms with Crippen LogP contribution in [0, 0.1) is 5.82 Å². The highest BCUT2D eigenvalue weighted by Crippen LogP contribution is 2.22. The van der Waals surface area contributed by atoms with E-state index in [4.69, 9.17) is 4.74 Å². The molecule has 0 bridgehead atoms. The van der Waals surface area contributed by atoms with Gasteiger partial charge in [0, 0.05) is 26.1 Å². The molecule has 0 aliphatic carbocycles. The molecule has 1 aliphatic heterocycles. The third kappa shape index (κ3) is 3.71. The number of piperidine rings is 1. The molecule has 0 spiro atoms. The highest BCUT2D eigenvalue weighted by atomic mass is 19.1. The number of likely N-dealkylation sites (tertiary alicyclic amines) is 1. The Morgan fingerprint density at radius 2 is 2.00 bits per heavy atom. The molecule has 2 rings (SSSR count). The molecule has 1 aromatic carbocycles. The maximum atomic E-state index is 13.4. The fraction of sp³-hybridized carbons (Fsp3) is 0.467. The van der Waals surface area contributed by atoms with E-state index in [1.807, 2.05) is 0 Å². The van der Waals surface area contributed by atoms with E-state index in [1.54, 1.807) is 11.8 Å². The van der Waals surface area contributed by atoms with Gasteiger partial charge in [0.2, 0.25) is 5.91 Å². The molecule has 0 aromatic heterocycles. The van der Waals surface area contributed by atoms with Crippen molar-refractivity contribution in [3.05, 3.63) is 29.6 Å². The van der Waals surface area contributed by atoms with Crippen LogP contribution in [0.2, 0.25) is 0 Å². The van der Waals surface area contributed by atoms with Gasteiger partial charge in [-0.2, -0.15) is 0 Å². The molecule has 1 heterocycles. The second kappa shape index (κ2) is 6.56. The lowest BCUT2D eigenvalue weighted by molar-refractivity contribution is -0.129. The van der Waals surface area contributed by atoms with E-state index in [0.717, 1.165) is 12.8 Å². The first kappa shape index (κ1) is 15.3. The lowest BCUT2D eigenvalue weighted by atomic mass is 10.0. The second-order valence-electron chi connectivity index (χ2n) is 5.11. The number of amides is 1. The Kier molecular flexibility index (Phi) is 4.77. The summed E-state index contributed by atoms with van der Waals surface area (Å²) < 4.78 is 18.1. The van der Waals surface area contributed by atoms with Crippen molar-refractivity contribution in [2.45, 2.75) is 25.8 Å². The first-order chi connectivity index (χ1) is 10.0. The predicted octanol–water partition coefficient (Wildman–Crippen LogP) is 2.04. The molecule has 6 heteroatoms. The van der Waals surface area contributed by atoms with Crippen LogP contribution in [0.3, 0.4) is 0 Å². The monoisotopic (exact) mass is 294 g/mol. The summed E-state index contributed by atoms with van der Waals surface area (Å²) in [5, 5.41) is 3.19. The quantitative estimate of drug-likeness (QED) is 0.867. The number of nitrogens with one attached hydrogen (secondary N) is 1. The van der Waals surface area contributed by atoms with Crippen molar-refractivity contribution in [3.8, 4) is 0 Å². The zero-order valence-electron chi connectivity index (χ0n) is 12.2. The van der Waals surface area contributed by atoms with Gasteiger partial charge in [-0.3, -0.25) is 4.79 Å². The Morgan fingerprint density at radius 1 is 1.33 bits per heavy atom. The lowest BCUT2D eigenvalue weighted by Gasteiger charge is -2.32.